The molecule has 7 nitrogen and oxygen atoms in total. The van der Waals surface area contributed by atoms with Gasteiger partial charge < -0.3 is 19.9 Å². The number of ether oxygens (including phenoxy) is 2. The van der Waals surface area contributed by atoms with Crippen LogP contribution in [0.4, 0.5) is 5.69 Å². The molecule has 30 heavy (non-hydrogen) atoms. The van der Waals surface area contributed by atoms with Crippen molar-refractivity contribution in [1.82, 2.24) is 15.2 Å². The number of rotatable bonds is 6. The lowest BCUT2D eigenvalue weighted by Crippen LogP contribution is -2.17. The Morgan fingerprint density at radius 1 is 1.27 bits per heavy atom. The molecule has 3 aromatic rings. The lowest BCUT2D eigenvalue weighted by Gasteiger charge is -2.20. The maximum absolute atomic E-state index is 10.2. The molecule has 9 heteroatoms. The van der Waals surface area contributed by atoms with E-state index in [-0.39, 0.29) is 5.75 Å². The number of hydrogen-bond acceptors (Lipinski definition) is 8. The molecular formula is C21H21BrN4O3S. The van der Waals surface area contributed by atoms with E-state index in [4.69, 9.17) is 9.47 Å². The van der Waals surface area contributed by atoms with Crippen LogP contribution in [0.3, 0.4) is 0 Å². The standard InChI is InChI=1S/C21H21BrN4O3S/c1-3-4-9-30-21-24-20-17(25-26-21)13-7-5-6-8-15(13)23-19(29-20)12-10-14(22)18(27)16(11-12)28-2/h5-8,10-11,19,23,27H,3-4,9H2,1-2H3. The van der Waals surface area contributed by atoms with Gasteiger partial charge in [-0.25, -0.2) is 0 Å². The second-order valence-electron chi connectivity index (χ2n) is 6.69. The molecule has 2 N–H and O–H groups in total. The highest BCUT2D eigenvalue weighted by Gasteiger charge is 2.27. The Morgan fingerprint density at radius 3 is 2.90 bits per heavy atom. The SMILES string of the molecule is CCCCSc1nnc2c(n1)OC(c1cc(Br)c(O)c(OC)c1)Nc1ccccc1-2. The fourth-order valence-corrected chi connectivity index (χ4v) is 4.39. The van der Waals surface area contributed by atoms with Gasteiger partial charge >= 0.3 is 0 Å². The van der Waals surface area contributed by atoms with Gasteiger partial charge in [-0.05, 0) is 40.5 Å². The molecule has 0 aliphatic carbocycles. The summed E-state index contributed by atoms with van der Waals surface area (Å²) in [5.41, 5.74) is 3.07. The minimum atomic E-state index is -0.566. The number of thioether (sulfide) groups is 1. The van der Waals surface area contributed by atoms with Crippen molar-refractivity contribution in [1.29, 1.82) is 0 Å². The number of fused-ring (bicyclic) bond motifs is 3. The molecular weight excluding hydrogens is 468 g/mol. The van der Waals surface area contributed by atoms with Gasteiger partial charge in [-0.3, -0.25) is 0 Å². The van der Waals surface area contributed by atoms with Gasteiger partial charge in [0.2, 0.25) is 11.0 Å². The molecule has 1 aliphatic heterocycles. The lowest BCUT2D eigenvalue weighted by atomic mass is 10.1. The van der Waals surface area contributed by atoms with Crippen molar-refractivity contribution in [2.45, 2.75) is 31.1 Å². The van der Waals surface area contributed by atoms with Gasteiger partial charge in [0.25, 0.3) is 0 Å². The van der Waals surface area contributed by atoms with Crippen molar-refractivity contribution in [3.05, 3.63) is 46.4 Å². The highest BCUT2D eigenvalue weighted by molar-refractivity contribution is 9.10. The Balaban J connectivity index is 1.77. The topological polar surface area (TPSA) is 89.4 Å². The van der Waals surface area contributed by atoms with Crippen LogP contribution in [-0.2, 0) is 0 Å². The Bertz CT molecular complexity index is 1070. The zero-order valence-corrected chi connectivity index (χ0v) is 19.0. The van der Waals surface area contributed by atoms with Crippen LogP contribution in [0.2, 0.25) is 0 Å². The number of hydrogen-bond donors (Lipinski definition) is 2. The number of nitrogens with one attached hydrogen (secondary N) is 1. The minimum Gasteiger partial charge on any atom is -0.503 e. The number of phenols is 1. The van der Waals surface area contributed by atoms with Crippen LogP contribution in [-0.4, -0.2) is 33.2 Å². The zero-order valence-electron chi connectivity index (χ0n) is 16.6. The Labute approximate surface area is 187 Å². The average molecular weight is 489 g/mol. The molecule has 1 aromatic heterocycles. The highest BCUT2D eigenvalue weighted by atomic mass is 79.9. The fourth-order valence-electron chi connectivity index (χ4n) is 3.07. The summed E-state index contributed by atoms with van der Waals surface area (Å²) in [5.74, 6) is 1.72. The van der Waals surface area contributed by atoms with Crippen LogP contribution < -0.4 is 14.8 Å². The van der Waals surface area contributed by atoms with Crippen LogP contribution in [0.1, 0.15) is 31.6 Å². The summed E-state index contributed by atoms with van der Waals surface area (Å²) < 4.78 is 12.1. The van der Waals surface area contributed by atoms with Gasteiger partial charge in [-0.2, -0.15) is 4.98 Å². The van der Waals surface area contributed by atoms with E-state index >= 15 is 0 Å². The maximum Gasteiger partial charge on any atom is 0.247 e. The van der Waals surface area contributed by atoms with Crippen molar-refractivity contribution in [2.75, 3.05) is 18.2 Å². The smallest absolute Gasteiger partial charge is 0.247 e. The van der Waals surface area contributed by atoms with E-state index in [0.717, 1.165) is 35.4 Å². The molecule has 0 amide bonds. The molecule has 2 aromatic carbocycles. The van der Waals surface area contributed by atoms with E-state index in [2.05, 4.69) is 43.4 Å². The molecule has 0 spiro atoms. The average Bonchev–Trinajstić information content (AvgIpc) is 2.92. The number of aromatic hydroxyl groups is 1. The van der Waals surface area contributed by atoms with E-state index < -0.39 is 6.23 Å². The van der Waals surface area contributed by atoms with Crippen LogP contribution >= 0.6 is 27.7 Å². The fraction of sp³-hybridized carbons (Fsp3) is 0.286. The van der Waals surface area contributed by atoms with E-state index in [9.17, 15) is 5.11 Å². The molecule has 156 valence electrons. The molecule has 2 heterocycles. The van der Waals surface area contributed by atoms with E-state index in [0.29, 0.717) is 27.0 Å². The van der Waals surface area contributed by atoms with Crippen LogP contribution in [0, 0.1) is 0 Å². The molecule has 1 aliphatic rings. The van der Waals surface area contributed by atoms with E-state index in [1.165, 1.54) is 7.11 Å². The summed E-state index contributed by atoms with van der Waals surface area (Å²) in [6.45, 7) is 2.15. The number of benzene rings is 2. The third-order valence-corrected chi connectivity index (χ3v) is 6.16. The van der Waals surface area contributed by atoms with E-state index in [1.807, 2.05) is 24.3 Å². The Hall–Kier alpha value is -2.52. The number of halogens is 1. The van der Waals surface area contributed by atoms with Gasteiger partial charge in [0.1, 0.15) is 0 Å². The molecule has 1 unspecified atom stereocenters. The van der Waals surface area contributed by atoms with E-state index in [1.54, 1.807) is 23.9 Å². The Kier molecular flexibility index (Phi) is 6.29. The monoisotopic (exact) mass is 488 g/mol. The molecule has 1 atom stereocenters. The third-order valence-electron chi connectivity index (χ3n) is 4.64. The number of para-hydroxylation sites is 1. The summed E-state index contributed by atoms with van der Waals surface area (Å²) in [4.78, 5) is 4.64. The van der Waals surface area contributed by atoms with Gasteiger partial charge in [0.15, 0.2) is 23.4 Å². The highest BCUT2D eigenvalue weighted by Crippen LogP contribution is 2.42. The van der Waals surface area contributed by atoms with Gasteiger partial charge in [-0.1, -0.05) is 43.3 Å². The third kappa shape index (κ3) is 4.17. The second kappa shape index (κ2) is 9.09. The minimum absolute atomic E-state index is 0.0364. The van der Waals surface area contributed by atoms with Crippen molar-refractivity contribution < 1.29 is 14.6 Å². The normalized spacial score (nSPS) is 14.7. The quantitative estimate of drug-likeness (QED) is 0.351. The van der Waals surface area contributed by atoms with Gasteiger partial charge in [-0.15, -0.1) is 10.2 Å². The number of phenolic OH excluding ortho intramolecular Hbond substituents is 1. The summed E-state index contributed by atoms with van der Waals surface area (Å²) in [6.07, 6.45) is 1.63. The van der Waals surface area contributed by atoms with Crippen molar-refractivity contribution in [3.63, 3.8) is 0 Å². The zero-order chi connectivity index (χ0) is 21.1. The predicted octanol–water partition coefficient (Wildman–Crippen LogP) is 5.41. The molecule has 4 rings (SSSR count). The summed E-state index contributed by atoms with van der Waals surface area (Å²) in [5, 5.41) is 22.9. The van der Waals surface area contributed by atoms with Crippen LogP contribution in [0.25, 0.3) is 11.3 Å². The number of nitrogens with zero attached hydrogens (tertiary/aromatic N) is 3. The number of anilines is 1. The maximum atomic E-state index is 10.2. The molecule has 0 bridgehead atoms. The predicted molar refractivity (Wildman–Crippen MR) is 120 cm³/mol. The second-order valence-corrected chi connectivity index (χ2v) is 8.61. The Morgan fingerprint density at radius 2 is 2.10 bits per heavy atom. The van der Waals surface area contributed by atoms with Crippen molar-refractivity contribution >= 4 is 33.4 Å². The van der Waals surface area contributed by atoms with Gasteiger partial charge in [0.05, 0.1) is 11.6 Å². The van der Waals surface area contributed by atoms with Crippen LogP contribution in [0.15, 0.2) is 46.0 Å². The first-order valence-corrected chi connectivity index (χ1v) is 11.3. The lowest BCUT2D eigenvalue weighted by molar-refractivity contribution is 0.224. The summed E-state index contributed by atoms with van der Waals surface area (Å²) >= 11 is 4.95. The molecule has 0 fully saturated rings. The van der Waals surface area contributed by atoms with Crippen molar-refractivity contribution in [2.24, 2.45) is 0 Å². The molecule has 0 saturated heterocycles. The molecule has 0 radical (unpaired) electrons. The van der Waals surface area contributed by atoms with Crippen molar-refractivity contribution in [3.8, 4) is 28.6 Å². The van der Waals surface area contributed by atoms with Gasteiger partial charge in [0, 0.05) is 22.6 Å². The number of methoxy groups -OCH3 is 1. The first-order valence-electron chi connectivity index (χ1n) is 9.57. The largest absolute Gasteiger partial charge is 0.503 e. The summed E-state index contributed by atoms with van der Waals surface area (Å²) in [6, 6.07) is 11.3. The van der Waals surface area contributed by atoms with Crippen LogP contribution in [0.5, 0.6) is 17.4 Å². The number of aromatic nitrogens is 3. The molecule has 0 saturated carbocycles. The summed E-state index contributed by atoms with van der Waals surface area (Å²) in [7, 11) is 1.51. The number of unbranched alkanes of at least 4 members (excludes halogenated alkanes) is 1. The first-order chi connectivity index (χ1) is 14.6. The first kappa shape index (κ1) is 20.7.